The maximum absolute atomic E-state index is 14.0. The number of carbonyl (C=O) groups excluding carboxylic acids is 3. The summed E-state index contributed by atoms with van der Waals surface area (Å²) in [5.74, 6) is -2.32. The van der Waals surface area contributed by atoms with Gasteiger partial charge in [0.2, 0.25) is 17.7 Å². The van der Waals surface area contributed by atoms with Crippen LogP contribution in [0.5, 0.6) is 0 Å². The molecule has 3 amide bonds. The van der Waals surface area contributed by atoms with Gasteiger partial charge in [0.15, 0.2) is 0 Å². The molecule has 3 aliphatic heterocycles. The molecule has 8 heteroatoms. The Labute approximate surface area is 220 Å². The first-order valence-corrected chi connectivity index (χ1v) is 13.4. The Morgan fingerprint density at radius 2 is 1.78 bits per heavy atom. The third kappa shape index (κ3) is 4.90. The van der Waals surface area contributed by atoms with Crippen molar-refractivity contribution in [2.24, 2.45) is 17.3 Å². The average molecular weight is 514 g/mol. The second kappa shape index (κ2) is 9.38. The summed E-state index contributed by atoms with van der Waals surface area (Å²) < 4.78 is 6.64. The Bertz CT molecular complexity index is 1050. The lowest BCUT2D eigenvalue weighted by Crippen LogP contribution is -2.61. The van der Waals surface area contributed by atoms with Gasteiger partial charge >= 0.3 is 0 Å². The van der Waals surface area contributed by atoms with E-state index in [-0.39, 0.29) is 29.7 Å². The molecule has 2 bridgehead atoms. The van der Waals surface area contributed by atoms with Gasteiger partial charge in [0, 0.05) is 12.1 Å². The minimum absolute atomic E-state index is 0.0150. The van der Waals surface area contributed by atoms with E-state index in [1.165, 1.54) is 4.90 Å². The fraction of sp³-hybridized carbons (Fsp3) is 0.690. The average Bonchev–Trinajstić information content (AvgIpc) is 3.36. The van der Waals surface area contributed by atoms with Gasteiger partial charge in [-0.1, -0.05) is 51.1 Å². The molecular formula is C29H43N3O5. The molecule has 3 aliphatic rings. The number of amides is 3. The van der Waals surface area contributed by atoms with Crippen LogP contribution in [0, 0.1) is 17.3 Å². The smallest absolute Gasteiger partial charge is 0.246 e. The number of carbonyl (C=O) groups is 3. The molecule has 1 spiro atoms. The monoisotopic (exact) mass is 513 g/mol. The summed E-state index contributed by atoms with van der Waals surface area (Å²) in [4.78, 5) is 43.0. The lowest BCUT2D eigenvalue weighted by atomic mass is 9.66. The SMILES string of the molecule is C[C@H](CO)N1C(=O)[C@@H]2[C@@H](C(=O)NCc3ccccc3)[C@@]3(C)CCC2(O3)C1C(=O)NC(C)(C)CC(C)(C)C. The van der Waals surface area contributed by atoms with E-state index in [0.717, 1.165) is 12.0 Å². The molecule has 37 heavy (non-hydrogen) atoms. The quantitative estimate of drug-likeness (QED) is 0.496. The number of aliphatic hydroxyl groups is 1. The highest BCUT2D eigenvalue weighted by molar-refractivity contribution is 5.99. The second-order valence-electron chi connectivity index (χ2n) is 13.3. The van der Waals surface area contributed by atoms with Crippen LogP contribution in [0.4, 0.5) is 0 Å². The molecule has 2 unspecified atom stereocenters. The number of hydrogen-bond donors (Lipinski definition) is 3. The van der Waals surface area contributed by atoms with Crippen LogP contribution < -0.4 is 10.6 Å². The van der Waals surface area contributed by atoms with E-state index < -0.39 is 40.7 Å². The Balaban J connectivity index is 1.65. The minimum atomic E-state index is -1.11. The molecule has 3 N–H and O–H groups in total. The zero-order chi connectivity index (χ0) is 27.4. The summed E-state index contributed by atoms with van der Waals surface area (Å²) in [5, 5.41) is 16.2. The fourth-order valence-electron chi connectivity index (χ4n) is 7.29. The molecule has 4 rings (SSSR count). The van der Waals surface area contributed by atoms with Crippen LogP contribution in [-0.4, -0.2) is 63.2 Å². The maximum Gasteiger partial charge on any atom is 0.246 e. The van der Waals surface area contributed by atoms with Gasteiger partial charge < -0.3 is 25.4 Å². The number of likely N-dealkylation sites (tertiary alicyclic amines) is 1. The van der Waals surface area contributed by atoms with Crippen molar-refractivity contribution in [2.75, 3.05) is 6.61 Å². The predicted octanol–water partition coefficient (Wildman–Crippen LogP) is 2.78. The highest BCUT2D eigenvalue weighted by Crippen LogP contribution is 2.63. The van der Waals surface area contributed by atoms with Gasteiger partial charge in [-0.25, -0.2) is 0 Å². The Morgan fingerprint density at radius 3 is 2.38 bits per heavy atom. The summed E-state index contributed by atoms with van der Waals surface area (Å²) >= 11 is 0. The highest BCUT2D eigenvalue weighted by atomic mass is 16.5. The minimum Gasteiger partial charge on any atom is -0.394 e. The van der Waals surface area contributed by atoms with Gasteiger partial charge in [0.1, 0.15) is 11.6 Å². The Morgan fingerprint density at radius 1 is 1.14 bits per heavy atom. The van der Waals surface area contributed by atoms with E-state index in [0.29, 0.717) is 19.4 Å². The van der Waals surface area contributed by atoms with Crippen LogP contribution in [0.2, 0.25) is 0 Å². The van der Waals surface area contributed by atoms with E-state index in [1.54, 1.807) is 6.92 Å². The first kappa shape index (κ1) is 27.6. The molecule has 0 saturated carbocycles. The van der Waals surface area contributed by atoms with Crippen molar-refractivity contribution in [3.8, 4) is 0 Å². The van der Waals surface area contributed by atoms with Crippen molar-refractivity contribution >= 4 is 17.7 Å². The number of nitrogens with one attached hydrogen (secondary N) is 2. The molecular weight excluding hydrogens is 470 g/mol. The number of hydrogen-bond acceptors (Lipinski definition) is 5. The Hall–Kier alpha value is -2.45. The fourth-order valence-corrected chi connectivity index (χ4v) is 7.29. The van der Waals surface area contributed by atoms with Crippen molar-refractivity contribution < 1.29 is 24.2 Å². The number of aliphatic hydroxyl groups excluding tert-OH is 1. The highest BCUT2D eigenvalue weighted by Gasteiger charge is 2.78. The third-order valence-corrected chi connectivity index (χ3v) is 8.23. The third-order valence-electron chi connectivity index (χ3n) is 8.23. The number of benzene rings is 1. The summed E-state index contributed by atoms with van der Waals surface area (Å²) in [6.07, 6.45) is 1.83. The van der Waals surface area contributed by atoms with E-state index >= 15 is 0 Å². The number of fused-ring (bicyclic) bond motifs is 1. The molecule has 3 fully saturated rings. The van der Waals surface area contributed by atoms with Gasteiger partial charge in [-0.3, -0.25) is 14.4 Å². The zero-order valence-electron chi connectivity index (χ0n) is 23.3. The molecule has 0 aromatic heterocycles. The molecule has 3 saturated heterocycles. The van der Waals surface area contributed by atoms with Crippen LogP contribution in [0.3, 0.4) is 0 Å². The van der Waals surface area contributed by atoms with Gasteiger partial charge in [-0.2, -0.15) is 0 Å². The summed E-state index contributed by atoms with van der Waals surface area (Å²) in [5.41, 5.74) is -1.51. The molecule has 8 nitrogen and oxygen atoms in total. The van der Waals surface area contributed by atoms with Crippen LogP contribution in [0.25, 0.3) is 0 Å². The largest absolute Gasteiger partial charge is 0.394 e. The molecule has 0 radical (unpaired) electrons. The molecule has 0 aliphatic carbocycles. The summed E-state index contributed by atoms with van der Waals surface area (Å²) in [7, 11) is 0. The standard InChI is InChI=1S/C29H43N3O5/c1-18(16-33)32-22(24(35)31-27(5,6)17-26(2,3)4)29-14-13-28(7,37-29)20(21(29)25(32)36)23(34)30-15-19-11-9-8-10-12-19/h8-12,18,20-22,33H,13-17H2,1-7H3,(H,30,34)(H,31,35)/t18-,20+,21+,22?,28-,29?/m1/s1. The molecule has 204 valence electrons. The Kier molecular flexibility index (Phi) is 6.99. The normalized spacial score (nSPS) is 31.8. The molecule has 6 atom stereocenters. The maximum atomic E-state index is 14.0. The number of rotatable bonds is 8. The van der Waals surface area contributed by atoms with Gasteiger partial charge in [0.05, 0.1) is 30.1 Å². The van der Waals surface area contributed by atoms with Crippen LogP contribution in [-0.2, 0) is 25.7 Å². The molecule has 1 aromatic carbocycles. The van der Waals surface area contributed by atoms with Gasteiger partial charge in [-0.05, 0) is 57.9 Å². The summed E-state index contributed by atoms with van der Waals surface area (Å²) in [6, 6.07) is 8.12. The van der Waals surface area contributed by atoms with Crippen molar-refractivity contribution in [1.82, 2.24) is 15.5 Å². The number of nitrogens with zero attached hydrogens (tertiary/aromatic N) is 1. The first-order valence-electron chi connectivity index (χ1n) is 13.4. The molecule has 1 aromatic rings. The van der Waals surface area contributed by atoms with E-state index in [1.807, 2.05) is 51.1 Å². The first-order chi connectivity index (χ1) is 17.1. The van der Waals surface area contributed by atoms with Crippen LogP contribution >= 0.6 is 0 Å². The van der Waals surface area contributed by atoms with Crippen molar-refractivity contribution in [1.29, 1.82) is 0 Å². The van der Waals surface area contributed by atoms with Gasteiger partial charge in [-0.15, -0.1) is 0 Å². The van der Waals surface area contributed by atoms with E-state index in [9.17, 15) is 19.5 Å². The number of ether oxygens (including phenoxy) is 1. The van der Waals surface area contributed by atoms with Gasteiger partial charge in [0.25, 0.3) is 0 Å². The van der Waals surface area contributed by atoms with Crippen molar-refractivity contribution in [3.63, 3.8) is 0 Å². The topological polar surface area (TPSA) is 108 Å². The van der Waals surface area contributed by atoms with Crippen LogP contribution in [0.1, 0.15) is 73.3 Å². The molecule has 3 heterocycles. The zero-order valence-corrected chi connectivity index (χ0v) is 23.3. The lowest BCUT2D eigenvalue weighted by molar-refractivity contribution is -0.150. The van der Waals surface area contributed by atoms with E-state index in [4.69, 9.17) is 4.74 Å². The lowest BCUT2D eigenvalue weighted by Gasteiger charge is -2.39. The second-order valence-corrected chi connectivity index (χ2v) is 13.3. The predicted molar refractivity (Wildman–Crippen MR) is 140 cm³/mol. The summed E-state index contributed by atoms with van der Waals surface area (Å²) in [6.45, 7) is 14.0. The van der Waals surface area contributed by atoms with Crippen molar-refractivity contribution in [3.05, 3.63) is 35.9 Å². The van der Waals surface area contributed by atoms with Crippen molar-refractivity contribution in [2.45, 2.75) is 103 Å². The van der Waals surface area contributed by atoms with Crippen LogP contribution in [0.15, 0.2) is 30.3 Å². The van der Waals surface area contributed by atoms with E-state index in [2.05, 4.69) is 31.4 Å².